The van der Waals surface area contributed by atoms with E-state index in [0.29, 0.717) is 11.6 Å². The zero-order valence-corrected chi connectivity index (χ0v) is 12.8. The molecule has 3 nitrogen and oxygen atoms in total. The van der Waals surface area contributed by atoms with Crippen molar-refractivity contribution in [2.45, 2.75) is 33.2 Å². The highest BCUT2D eigenvalue weighted by molar-refractivity contribution is 9.10. The van der Waals surface area contributed by atoms with Crippen LogP contribution in [0.15, 0.2) is 16.7 Å². The van der Waals surface area contributed by atoms with Crippen LogP contribution in [-0.4, -0.2) is 17.6 Å². The number of aromatic nitrogens is 1. The number of pyridine rings is 1. The van der Waals surface area contributed by atoms with Gasteiger partial charge in [-0.05, 0) is 40.4 Å². The normalized spacial score (nSPS) is 13.5. The van der Waals surface area contributed by atoms with Crippen molar-refractivity contribution in [3.05, 3.63) is 21.8 Å². The molecule has 1 aromatic heterocycles. The van der Waals surface area contributed by atoms with Gasteiger partial charge in [0.1, 0.15) is 5.82 Å². The Morgan fingerprint density at radius 2 is 2.18 bits per heavy atom. The number of nitrogens with one attached hydrogen (secondary N) is 1. The molecule has 0 aliphatic carbocycles. The second-order valence-corrected chi connectivity index (χ2v) is 6.42. The molecule has 0 fully saturated rings. The van der Waals surface area contributed by atoms with Crippen molar-refractivity contribution in [1.82, 2.24) is 4.98 Å². The third-order valence-corrected chi connectivity index (χ3v) is 3.43. The summed E-state index contributed by atoms with van der Waals surface area (Å²) in [6, 6.07) is 2.11. The topological polar surface area (TPSA) is 50.9 Å². The molecule has 0 saturated carbocycles. The monoisotopic (exact) mass is 319 g/mol. The van der Waals surface area contributed by atoms with E-state index in [1.165, 1.54) is 0 Å². The van der Waals surface area contributed by atoms with Gasteiger partial charge in [0.2, 0.25) is 0 Å². The first-order valence-electron chi connectivity index (χ1n) is 5.62. The minimum absolute atomic E-state index is 0.125. The molecular formula is C12H19BrClN3. The fourth-order valence-corrected chi connectivity index (χ4v) is 2.33. The lowest BCUT2D eigenvalue weighted by molar-refractivity contribution is 0.328. The molecule has 3 N–H and O–H groups in total. The van der Waals surface area contributed by atoms with Crippen LogP contribution >= 0.6 is 27.5 Å². The summed E-state index contributed by atoms with van der Waals surface area (Å²) in [5, 5.41) is 4.04. The Labute approximate surface area is 116 Å². The molecule has 1 unspecified atom stereocenters. The highest BCUT2D eigenvalue weighted by Gasteiger charge is 2.24. The molecule has 17 heavy (non-hydrogen) atoms. The first-order valence-corrected chi connectivity index (χ1v) is 6.79. The predicted octanol–water partition coefficient (Wildman–Crippen LogP) is 3.67. The van der Waals surface area contributed by atoms with Crippen LogP contribution in [0.25, 0.3) is 0 Å². The summed E-state index contributed by atoms with van der Waals surface area (Å²) in [5.41, 5.74) is 5.77. The molecule has 0 amide bonds. The maximum Gasteiger partial charge on any atom is 0.140 e. The molecular weight excluding hydrogens is 302 g/mol. The van der Waals surface area contributed by atoms with Crippen LogP contribution < -0.4 is 11.1 Å². The molecule has 0 radical (unpaired) electrons. The number of hydrogen-bond donors (Lipinski definition) is 2. The van der Waals surface area contributed by atoms with Gasteiger partial charge in [-0.25, -0.2) is 4.98 Å². The molecule has 0 aliphatic rings. The number of nitrogens with two attached hydrogens (primary N) is 1. The SMILES string of the molecule is CC(C)(C)C(CCN)Nc1ncc(Cl)cc1Br. The second-order valence-electron chi connectivity index (χ2n) is 5.12. The summed E-state index contributed by atoms with van der Waals surface area (Å²) in [6.07, 6.45) is 2.54. The van der Waals surface area contributed by atoms with Crippen molar-refractivity contribution in [3.63, 3.8) is 0 Å². The van der Waals surface area contributed by atoms with E-state index in [1.807, 2.05) is 6.07 Å². The maximum absolute atomic E-state index is 5.86. The van der Waals surface area contributed by atoms with Crippen molar-refractivity contribution < 1.29 is 0 Å². The number of hydrogen-bond acceptors (Lipinski definition) is 3. The third kappa shape index (κ3) is 4.45. The molecule has 0 aromatic carbocycles. The van der Waals surface area contributed by atoms with Gasteiger partial charge in [0, 0.05) is 12.2 Å². The first kappa shape index (κ1) is 14.7. The fourth-order valence-electron chi connectivity index (χ4n) is 1.57. The zero-order valence-electron chi connectivity index (χ0n) is 10.4. The second kappa shape index (κ2) is 6.03. The van der Waals surface area contributed by atoms with Gasteiger partial charge in [0.15, 0.2) is 0 Å². The first-order chi connectivity index (χ1) is 7.84. The van der Waals surface area contributed by atoms with E-state index in [1.54, 1.807) is 6.20 Å². The molecule has 1 rings (SSSR count). The van der Waals surface area contributed by atoms with Gasteiger partial charge in [-0.15, -0.1) is 0 Å². The number of halogens is 2. The molecule has 0 spiro atoms. The molecule has 1 atom stereocenters. The Balaban J connectivity index is 2.86. The highest BCUT2D eigenvalue weighted by Crippen LogP contribution is 2.29. The average Bonchev–Trinajstić information content (AvgIpc) is 2.19. The Hall–Kier alpha value is -0.320. The number of anilines is 1. The molecule has 1 aromatic rings. The lowest BCUT2D eigenvalue weighted by Gasteiger charge is -2.32. The van der Waals surface area contributed by atoms with E-state index in [9.17, 15) is 0 Å². The summed E-state index contributed by atoms with van der Waals surface area (Å²) < 4.78 is 0.872. The van der Waals surface area contributed by atoms with Crippen molar-refractivity contribution in [1.29, 1.82) is 0 Å². The molecule has 5 heteroatoms. The summed E-state index contributed by atoms with van der Waals surface area (Å²) in [5.74, 6) is 0.808. The van der Waals surface area contributed by atoms with Crippen molar-refractivity contribution >= 4 is 33.3 Å². The van der Waals surface area contributed by atoms with Crippen LogP contribution in [0.4, 0.5) is 5.82 Å². The smallest absolute Gasteiger partial charge is 0.140 e. The van der Waals surface area contributed by atoms with E-state index >= 15 is 0 Å². The predicted molar refractivity (Wildman–Crippen MR) is 77.5 cm³/mol. The summed E-state index contributed by atoms with van der Waals surface area (Å²) in [4.78, 5) is 4.28. The zero-order chi connectivity index (χ0) is 13.1. The maximum atomic E-state index is 5.86. The molecule has 0 saturated heterocycles. The van der Waals surface area contributed by atoms with E-state index in [0.717, 1.165) is 16.7 Å². The quantitative estimate of drug-likeness (QED) is 0.890. The summed E-state index contributed by atoms with van der Waals surface area (Å²) in [7, 11) is 0. The minimum Gasteiger partial charge on any atom is -0.366 e. The molecule has 0 bridgehead atoms. The minimum atomic E-state index is 0.125. The van der Waals surface area contributed by atoms with Gasteiger partial charge in [0.05, 0.1) is 9.50 Å². The van der Waals surface area contributed by atoms with Crippen LogP contribution in [0.3, 0.4) is 0 Å². The lowest BCUT2D eigenvalue weighted by atomic mass is 9.85. The Morgan fingerprint density at radius 3 is 2.65 bits per heavy atom. The highest BCUT2D eigenvalue weighted by atomic mass is 79.9. The average molecular weight is 321 g/mol. The van der Waals surface area contributed by atoms with Gasteiger partial charge in [-0.3, -0.25) is 0 Å². The summed E-state index contributed by atoms with van der Waals surface area (Å²) in [6.45, 7) is 7.21. The third-order valence-electron chi connectivity index (χ3n) is 2.62. The van der Waals surface area contributed by atoms with Crippen molar-refractivity contribution in [3.8, 4) is 0 Å². The molecule has 96 valence electrons. The van der Waals surface area contributed by atoms with Crippen LogP contribution in [0, 0.1) is 5.41 Å². The van der Waals surface area contributed by atoms with Crippen LogP contribution in [0.5, 0.6) is 0 Å². The van der Waals surface area contributed by atoms with Gasteiger partial charge < -0.3 is 11.1 Å². The van der Waals surface area contributed by atoms with E-state index < -0.39 is 0 Å². The molecule has 0 aliphatic heterocycles. The summed E-state index contributed by atoms with van der Waals surface area (Å²) >= 11 is 9.32. The standard InChI is InChI=1S/C12H19BrClN3/c1-12(2,3)10(4-5-15)17-11-9(13)6-8(14)7-16-11/h6-7,10H,4-5,15H2,1-3H3,(H,16,17). The largest absolute Gasteiger partial charge is 0.366 e. The van der Waals surface area contributed by atoms with Gasteiger partial charge in [-0.2, -0.15) is 0 Å². The van der Waals surface area contributed by atoms with Gasteiger partial charge in [-0.1, -0.05) is 32.4 Å². The lowest BCUT2D eigenvalue weighted by Crippen LogP contribution is -2.36. The molecule has 1 heterocycles. The van der Waals surface area contributed by atoms with E-state index in [-0.39, 0.29) is 11.5 Å². The van der Waals surface area contributed by atoms with Crippen LogP contribution in [-0.2, 0) is 0 Å². The van der Waals surface area contributed by atoms with E-state index in [2.05, 4.69) is 47.0 Å². The fraction of sp³-hybridized carbons (Fsp3) is 0.583. The Bertz CT molecular complexity index is 377. The van der Waals surface area contributed by atoms with Crippen molar-refractivity contribution in [2.24, 2.45) is 11.1 Å². The number of rotatable bonds is 4. The van der Waals surface area contributed by atoms with Crippen molar-refractivity contribution in [2.75, 3.05) is 11.9 Å². The Kier molecular flexibility index (Phi) is 5.22. The van der Waals surface area contributed by atoms with Crippen LogP contribution in [0.1, 0.15) is 27.2 Å². The van der Waals surface area contributed by atoms with Crippen LogP contribution in [0.2, 0.25) is 5.02 Å². The van der Waals surface area contributed by atoms with Gasteiger partial charge in [0.25, 0.3) is 0 Å². The number of nitrogens with zero attached hydrogens (tertiary/aromatic N) is 1. The van der Waals surface area contributed by atoms with E-state index in [4.69, 9.17) is 17.3 Å². The Morgan fingerprint density at radius 1 is 1.53 bits per heavy atom. The van der Waals surface area contributed by atoms with Gasteiger partial charge >= 0.3 is 0 Å².